The monoisotopic (exact) mass is 934 g/mol. The van der Waals surface area contributed by atoms with Gasteiger partial charge in [0.25, 0.3) is 0 Å². The van der Waals surface area contributed by atoms with Crippen LogP contribution < -0.4 is 8.61 Å². The molecule has 0 spiro atoms. The Bertz CT molecular complexity index is 2420. The third-order valence-electron chi connectivity index (χ3n) is 9.76. The van der Waals surface area contributed by atoms with Gasteiger partial charge in [-0.15, -0.1) is 0 Å². The third-order valence-corrected chi connectivity index (χ3v) is 12.1. The molecule has 0 radical (unpaired) electrons. The van der Waals surface area contributed by atoms with Gasteiger partial charge in [-0.3, -0.25) is 9.59 Å². The van der Waals surface area contributed by atoms with Crippen LogP contribution >= 0.6 is 0 Å². The number of hydrogen-bond acceptors (Lipinski definition) is 14. The number of carboxylic acids is 2. The van der Waals surface area contributed by atoms with Crippen LogP contribution in [0.4, 0.5) is 16.3 Å². The van der Waals surface area contributed by atoms with Crippen LogP contribution in [-0.4, -0.2) is 137 Å². The fourth-order valence-electron chi connectivity index (χ4n) is 6.28. The number of hydrogen-bond donors (Lipinski definition) is 6. The number of carboxylic acid groups (broad SMARTS) is 2. The number of aliphatic carboxylic acids is 2. The molecule has 6 N–H and O–H groups in total. The summed E-state index contributed by atoms with van der Waals surface area (Å²) in [5.74, 6) is -3.54. The van der Waals surface area contributed by atoms with E-state index in [0.29, 0.717) is 33.7 Å². The number of halogens is 1. The van der Waals surface area contributed by atoms with E-state index in [0.717, 1.165) is 21.1 Å². The molecule has 1 aliphatic rings. The van der Waals surface area contributed by atoms with Crippen molar-refractivity contribution in [3.05, 3.63) is 82.5 Å². The fourth-order valence-corrected chi connectivity index (χ4v) is 7.04. The molecule has 18 nitrogen and oxygen atoms in total. The van der Waals surface area contributed by atoms with E-state index in [2.05, 4.69) is 19.9 Å². The second-order valence-electron chi connectivity index (χ2n) is 16.0. The molecular weight excluding hydrogens is 876 g/mol. The second-order valence-corrected chi connectivity index (χ2v) is 20.0. The van der Waals surface area contributed by atoms with Gasteiger partial charge in [0, 0.05) is 44.5 Å². The van der Waals surface area contributed by atoms with Gasteiger partial charge in [-0.25, -0.2) is 49.8 Å². The molecule has 0 aliphatic heterocycles. The molecular formula is C43H59FN6O12S2. The number of anilines is 2. The highest BCUT2D eigenvalue weighted by atomic mass is 32.2. The summed E-state index contributed by atoms with van der Waals surface area (Å²) in [6, 6.07) is 0. The van der Waals surface area contributed by atoms with Crippen molar-refractivity contribution < 1.29 is 61.5 Å². The normalized spacial score (nSPS) is 18.6. The number of sulfonamides is 2. The Morgan fingerprint density at radius 1 is 0.719 bits per heavy atom. The minimum Gasteiger partial charge on any atom is -0.481 e. The van der Waals surface area contributed by atoms with Crippen molar-refractivity contribution in [2.24, 2.45) is 0 Å². The van der Waals surface area contributed by atoms with E-state index in [4.69, 9.17) is 10.2 Å². The smallest absolute Gasteiger partial charge is 0.305 e. The highest BCUT2D eigenvalue weighted by molar-refractivity contribution is 7.92. The molecule has 21 heteroatoms. The van der Waals surface area contributed by atoms with Crippen molar-refractivity contribution in [3.63, 3.8) is 0 Å². The topological polar surface area (TPSA) is 282 Å². The zero-order valence-corrected chi connectivity index (χ0v) is 38.7. The Balaban J connectivity index is 2.29. The summed E-state index contributed by atoms with van der Waals surface area (Å²) in [5.41, 5.74) is 2.47. The quantitative estimate of drug-likeness (QED) is 0.108. The maximum absolute atomic E-state index is 16.1. The summed E-state index contributed by atoms with van der Waals surface area (Å²) in [4.78, 5) is 40.6. The van der Waals surface area contributed by atoms with Crippen LogP contribution in [0.2, 0.25) is 0 Å². The van der Waals surface area contributed by atoms with E-state index >= 15 is 4.39 Å². The van der Waals surface area contributed by atoms with Crippen LogP contribution in [0.5, 0.6) is 0 Å². The van der Waals surface area contributed by atoms with Gasteiger partial charge in [0.2, 0.25) is 31.9 Å². The van der Waals surface area contributed by atoms with Crippen molar-refractivity contribution >= 4 is 67.2 Å². The summed E-state index contributed by atoms with van der Waals surface area (Å²) in [6.07, 6.45) is 8.17. The van der Waals surface area contributed by atoms with Crippen molar-refractivity contribution in [3.8, 4) is 0 Å². The first-order valence-electron chi connectivity index (χ1n) is 20.3. The van der Waals surface area contributed by atoms with E-state index in [1.54, 1.807) is 52.0 Å². The first kappa shape index (κ1) is 53.2. The highest BCUT2D eigenvalue weighted by Crippen LogP contribution is 2.33. The number of allylic oxidation sites excluding steroid dienone is 8. The van der Waals surface area contributed by atoms with Crippen LogP contribution in [0.3, 0.4) is 0 Å². The molecule has 2 aromatic rings. The lowest BCUT2D eigenvalue weighted by molar-refractivity contribution is -0.140. The average molecular weight is 935 g/mol. The molecule has 0 bridgehead atoms. The molecule has 2 heterocycles. The molecule has 64 heavy (non-hydrogen) atoms. The van der Waals surface area contributed by atoms with Crippen LogP contribution in [0.15, 0.2) is 48.6 Å². The maximum atomic E-state index is 16.1. The largest absolute Gasteiger partial charge is 0.481 e. The average Bonchev–Trinajstić information content (AvgIpc) is 3.21. The van der Waals surface area contributed by atoms with Gasteiger partial charge in [-0.2, -0.15) is 0 Å². The number of aliphatic hydroxyl groups is 4. The third kappa shape index (κ3) is 15.8. The summed E-state index contributed by atoms with van der Waals surface area (Å²) in [5, 5.41) is 59.9. The molecule has 0 saturated heterocycles. The zero-order chi connectivity index (χ0) is 48.3. The minimum atomic E-state index is -3.86. The molecule has 0 saturated carbocycles. The van der Waals surface area contributed by atoms with Gasteiger partial charge in [-0.05, 0) is 35.5 Å². The number of nitrogens with zero attached hydrogens (tertiary/aromatic N) is 6. The van der Waals surface area contributed by atoms with Crippen LogP contribution in [-0.2, 0) is 29.6 Å². The summed E-state index contributed by atoms with van der Waals surface area (Å²) in [7, 11) is -5.17. The number of alkyl halides is 1. The highest BCUT2D eigenvalue weighted by Gasteiger charge is 2.26. The van der Waals surface area contributed by atoms with Gasteiger partial charge in [0.05, 0.1) is 72.5 Å². The summed E-state index contributed by atoms with van der Waals surface area (Å²) >= 11 is 0. The summed E-state index contributed by atoms with van der Waals surface area (Å²) in [6.45, 7) is 7.22. The molecule has 1 aliphatic carbocycles. The number of carbonyl (C=O) groups is 2. The Kier molecular flexibility index (Phi) is 19.2. The number of rotatable bonds is 20. The van der Waals surface area contributed by atoms with Gasteiger partial charge in [0.1, 0.15) is 6.17 Å². The first-order chi connectivity index (χ1) is 29.7. The number of aliphatic hydroxyl groups excluding tert-OH is 4. The van der Waals surface area contributed by atoms with E-state index in [9.17, 15) is 46.9 Å². The predicted molar refractivity (Wildman–Crippen MR) is 243 cm³/mol. The molecule has 0 amide bonds. The van der Waals surface area contributed by atoms with E-state index < -0.39 is 75.4 Å². The Hall–Kier alpha value is -5.19. The molecule has 3 rings (SSSR count). The van der Waals surface area contributed by atoms with E-state index in [1.165, 1.54) is 50.6 Å². The standard InChI is InChI=1S/C43H59FN6O12S2/c1-25(2)38-34(19-17-30(51)21-32(53)23-36(55)56)40(47-42(45-38)49(5)63(7,59)60)27-11-9-10-12-28(14-16-29(44)15-13-27)41-35(20-18-31(52)22-33(54)24-37(57)58)39(26(3)4)46-43(48-41)50(6)64(8,61)62/h9,11-14,16-20,25-26,29-33,51-54H,10,15,21-24H2,1-8H3,(H,55,56)(H,57,58)/b11-9-,16-14?,19-17+,20-18+,27-13+,28-12?/t29?,30-,31-,32-,33-/m1/s1. The lowest BCUT2D eigenvalue weighted by atomic mass is 9.96. The zero-order valence-electron chi connectivity index (χ0n) is 37.1. The Labute approximate surface area is 373 Å². The second kappa shape index (κ2) is 23.1. The lowest BCUT2D eigenvalue weighted by Gasteiger charge is -2.21. The first-order valence-corrected chi connectivity index (χ1v) is 24.0. The van der Waals surface area contributed by atoms with Gasteiger partial charge in [0.15, 0.2) is 0 Å². The van der Waals surface area contributed by atoms with Crippen LogP contribution in [0.1, 0.15) is 112 Å². The SMILES string of the molecule is CC(C)c1nc(N(C)S(C)(=O)=O)nc(C2=CC/C=C\C(c3nc(N(C)S(C)(=O)=O)nc(C(C)C)c3/C=C/[C@@H](O)C[C@@H](O)CC(=O)O)=C/CC(F)C=C2)c1/C=C/[C@@H](O)C[C@@H](O)CC(=O)O. The van der Waals surface area contributed by atoms with E-state index in [-0.39, 0.29) is 60.8 Å². The molecule has 1 unspecified atom stereocenters. The van der Waals surface area contributed by atoms with Crippen molar-refractivity contribution in [2.75, 3.05) is 35.2 Å². The van der Waals surface area contributed by atoms with Crippen LogP contribution in [0, 0.1) is 0 Å². The Morgan fingerprint density at radius 3 is 1.50 bits per heavy atom. The lowest BCUT2D eigenvalue weighted by Crippen LogP contribution is -2.28. The minimum absolute atomic E-state index is 0.156. The summed E-state index contributed by atoms with van der Waals surface area (Å²) < 4.78 is 68.6. The van der Waals surface area contributed by atoms with Crippen molar-refractivity contribution in [2.45, 2.75) is 109 Å². The van der Waals surface area contributed by atoms with Gasteiger partial charge < -0.3 is 30.6 Å². The van der Waals surface area contributed by atoms with Crippen molar-refractivity contribution in [1.82, 2.24) is 19.9 Å². The molecule has 0 aromatic carbocycles. The molecule has 5 atom stereocenters. The van der Waals surface area contributed by atoms with Crippen LogP contribution in [0.25, 0.3) is 23.3 Å². The molecule has 352 valence electrons. The van der Waals surface area contributed by atoms with E-state index in [1.807, 2.05) is 0 Å². The molecule has 2 aromatic heterocycles. The molecule has 0 fully saturated rings. The predicted octanol–water partition coefficient (Wildman–Crippen LogP) is 4.22. The van der Waals surface area contributed by atoms with Gasteiger partial charge >= 0.3 is 11.9 Å². The number of aromatic nitrogens is 4. The van der Waals surface area contributed by atoms with Gasteiger partial charge in [-0.1, -0.05) is 82.4 Å². The maximum Gasteiger partial charge on any atom is 0.305 e. The Morgan fingerprint density at radius 2 is 1.12 bits per heavy atom. The van der Waals surface area contributed by atoms with Crippen molar-refractivity contribution in [1.29, 1.82) is 0 Å². The fraction of sp³-hybridized carbons (Fsp3) is 0.488.